The maximum Gasteiger partial charge on any atom is 0.101 e. The van der Waals surface area contributed by atoms with E-state index in [2.05, 4.69) is 104 Å². The molecule has 0 amide bonds. The van der Waals surface area contributed by atoms with Crippen molar-refractivity contribution in [3.05, 3.63) is 83.7 Å². The molecule has 3 aromatic rings. The van der Waals surface area contributed by atoms with Crippen LogP contribution < -0.4 is 5.32 Å². The molecule has 0 saturated carbocycles. The van der Waals surface area contributed by atoms with Gasteiger partial charge in [-0.3, -0.25) is 0 Å². The lowest BCUT2D eigenvalue weighted by Gasteiger charge is -2.39. The van der Waals surface area contributed by atoms with Crippen molar-refractivity contribution in [2.45, 2.75) is 38.6 Å². The molecule has 24 heavy (non-hydrogen) atoms. The number of anilines is 1. The zero-order chi connectivity index (χ0) is 16.9. The Hall–Kier alpha value is -2.48. The van der Waals surface area contributed by atoms with E-state index in [1.165, 1.54) is 28.2 Å². The Labute approximate surface area is 144 Å². The minimum atomic E-state index is -0.242. The summed E-state index contributed by atoms with van der Waals surface area (Å²) in [5.41, 5.74) is 6.22. The lowest BCUT2D eigenvalue weighted by molar-refractivity contribution is 0.583. The Balaban J connectivity index is 1.84. The highest BCUT2D eigenvalue weighted by Crippen LogP contribution is 2.41. The van der Waals surface area contributed by atoms with Crippen LogP contribution in [0.2, 0.25) is 0 Å². The minimum absolute atomic E-state index is 0.173. The van der Waals surface area contributed by atoms with E-state index in [0.29, 0.717) is 0 Å². The van der Waals surface area contributed by atoms with Crippen LogP contribution >= 0.6 is 0 Å². The average Bonchev–Trinajstić information content (AvgIpc) is 3.05. The van der Waals surface area contributed by atoms with Gasteiger partial charge >= 0.3 is 0 Å². The van der Waals surface area contributed by atoms with Gasteiger partial charge in [-0.1, -0.05) is 57.2 Å². The van der Waals surface area contributed by atoms with Crippen LogP contribution in [-0.2, 0) is 11.0 Å². The molecule has 1 N–H and O–H groups in total. The number of hydrogen-bond acceptors (Lipinski definition) is 1. The van der Waals surface area contributed by atoms with Crippen LogP contribution in [0.1, 0.15) is 44.5 Å². The molecule has 1 aliphatic rings. The molecule has 0 saturated heterocycles. The van der Waals surface area contributed by atoms with Crippen LogP contribution in [0.15, 0.2) is 66.9 Å². The Morgan fingerprint density at radius 2 is 1.58 bits per heavy atom. The predicted octanol–water partition coefficient (Wildman–Crippen LogP) is 5.46. The van der Waals surface area contributed by atoms with Crippen molar-refractivity contribution >= 4 is 5.69 Å². The molecular weight excluding hydrogens is 292 g/mol. The van der Waals surface area contributed by atoms with Crippen LogP contribution in [0.25, 0.3) is 5.69 Å². The third-order valence-corrected chi connectivity index (χ3v) is 5.14. The predicted molar refractivity (Wildman–Crippen MR) is 101 cm³/mol. The summed E-state index contributed by atoms with van der Waals surface area (Å²) in [7, 11) is 0. The van der Waals surface area contributed by atoms with Gasteiger partial charge in [0, 0.05) is 6.20 Å². The summed E-state index contributed by atoms with van der Waals surface area (Å²) >= 11 is 0. The molecule has 2 nitrogen and oxygen atoms in total. The third-order valence-electron chi connectivity index (χ3n) is 5.14. The smallest absolute Gasteiger partial charge is 0.101 e. The van der Waals surface area contributed by atoms with Gasteiger partial charge in [0.1, 0.15) is 5.54 Å². The number of para-hydroxylation sites is 2. The fourth-order valence-corrected chi connectivity index (χ4v) is 3.64. The summed E-state index contributed by atoms with van der Waals surface area (Å²) in [6.45, 7) is 9.03. The fraction of sp³-hybridized carbons (Fsp3) is 0.273. The highest BCUT2D eigenvalue weighted by Gasteiger charge is 2.36. The highest BCUT2D eigenvalue weighted by atomic mass is 15.1. The Morgan fingerprint density at radius 1 is 0.875 bits per heavy atom. The van der Waals surface area contributed by atoms with Crippen LogP contribution in [0.5, 0.6) is 0 Å². The number of fused-ring (bicyclic) bond motifs is 3. The van der Waals surface area contributed by atoms with E-state index in [9.17, 15) is 0 Å². The van der Waals surface area contributed by atoms with Gasteiger partial charge in [-0.05, 0) is 47.7 Å². The average molecular weight is 316 g/mol. The van der Waals surface area contributed by atoms with Gasteiger partial charge in [0.15, 0.2) is 0 Å². The van der Waals surface area contributed by atoms with Crippen LogP contribution in [0.3, 0.4) is 0 Å². The van der Waals surface area contributed by atoms with Gasteiger partial charge < -0.3 is 9.88 Å². The number of nitrogens with zero attached hydrogens (tertiary/aromatic N) is 1. The zero-order valence-corrected chi connectivity index (χ0v) is 14.8. The number of hydrogen-bond donors (Lipinski definition) is 1. The first-order valence-electron chi connectivity index (χ1n) is 8.56. The summed E-state index contributed by atoms with van der Waals surface area (Å²) in [5, 5.41) is 3.77. The Bertz CT molecular complexity index is 881. The van der Waals surface area contributed by atoms with Gasteiger partial charge in [0.05, 0.1) is 17.1 Å². The molecular formula is C22H24N2. The number of benzene rings is 2. The second-order valence-corrected chi connectivity index (χ2v) is 7.86. The largest absolute Gasteiger partial charge is 0.369 e. The van der Waals surface area contributed by atoms with E-state index in [-0.39, 0.29) is 11.0 Å². The SMILES string of the molecule is CC(C)(C)c1ccc(C2(C)Nc3ccccc3-n3cccc32)cc1. The van der Waals surface area contributed by atoms with Crippen LogP contribution in [-0.4, -0.2) is 4.57 Å². The summed E-state index contributed by atoms with van der Waals surface area (Å²) in [6.07, 6.45) is 2.15. The van der Waals surface area contributed by atoms with Crippen molar-refractivity contribution in [3.8, 4) is 5.69 Å². The molecule has 0 radical (unpaired) electrons. The molecule has 0 spiro atoms. The highest BCUT2D eigenvalue weighted by molar-refractivity contribution is 5.68. The van der Waals surface area contributed by atoms with E-state index >= 15 is 0 Å². The number of aromatic nitrogens is 1. The molecule has 0 aliphatic carbocycles. The van der Waals surface area contributed by atoms with Gasteiger partial charge in [-0.15, -0.1) is 0 Å². The molecule has 1 aliphatic heterocycles. The van der Waals surface area contributed by atoms with Gasteiger partial charge in [0.25, 0.3) is 0 Å². The maximum atomic E-state index is 3.77. The van der Waals surface area contributed by atoms with Crippen molar-refractivity contribution in [1.82, 2.24) is 4.57 Å². The first kappa shape index (κ1) is 15.1. The fourth-order valence-electron chi connectivity index (χ4n) is 3.64. The van der Waals surface area contributed by atoms with Crippen LogP contribution in [0, 0.1) is 0 Å². The quantitative estimate of drug-likeness (QED) is 0.630. The van der Waals surface area contributed by atoms with Crippen molar-refractivity contribution < 1.29 is 0 Å². The monoisotopic (exact) mass is 316 g/mol. The first-order valence-corrected chi connectivity index (χ1v) is 8.56. The maximum absolute atomic E-state index is 3.77. The van der Waals surface area contributed by atoms with E-state index < -0.39 is 0 Å². The molecule has 2 heteroatoms. The summed E-state index contributed by atoms with van der Waals surface area (Å²) in [4.78, 5) is 0. The number of nitrogens with one attached hydrogen (secondary N) is 1. The molecule has 0 fully saturated rings. The minimum Gasteiger partial charge on any atom is -0.369 e. The van der Waals surface area contributed by atoms with Crippen molar-refractivity contribution in [2.75, 3.05) is 5.32 Å². The summed E-state index contributed by atoms with van der Waals surface area (Å²) < 4.78 is 2.30. The molecule has 122 valence electrons. The van der Waals surface area contributed by atoms with Crippen molar-refractivity contribution in [3.63, 3.8) is 0 Å². The normalized spacial score (nSPS) is 19.3. The standard InChI is InChI=1S/C22H24N2/c1-21(2,3)16-11-13-17(14-12-16)22(4)20-10-7-15-24(20)19-9-6-5-8-18(19)23-22/h5-15,23H,1-4H3. The third kappa shape index (κ3) is 2.17. The molecule has 1 unspecified atom stereocenters. The second-order valence-electron chi connectivity index (χ2n) is 7.86. The zero-order valence-electron chi connectivity index (χ0n) is 14.8. The first-order chi connectivity index (χ1) is 11.4. The van der Waals surface area contributed by atoms with Crippen LogP contribution in [0.4, 0.5) is 5.69 Å². The molecule has 2 aromatic carbocycles. The van der Waals surface area contributed by atoms with E-state index in [0.717, 1.165) is 0 Å². The lowest BCUT2D eigenvalue weighted by Crippen LogP contribution is -2.38. The van der Waals surface area contributed by atoms with Crippen molar-refractivity contribution in [1.29, 1.82) is 0 Å². The van der Waals surface area contributed by atoms with Gasteiger partial charge in [-0.2, -0.15) is 0 Å². The Morgan fingerprint density at radius 3 is 2.29 bits per heavy atom. The molecule has 2 heterocycles. The molecule has 4 rings (SSSR count). The topological polar surface area (TPSA) is 17.0 Å². The molecule has 1 aromatic heterocycles. The second kappa shape index (κ2) is 5.01. The van der Waals surface area contributed by atoms with Gasteiger partial charge in [-0.25, -0.2) is 0 Å². The number of rotatable bonds is 1. The molecule has 1 atom stereocenters. The van der Waals surface area contributed by atoms with E-state index in [1.807, 2.05) is 0 Å². The summed E-state index contributed by atoms with van der Waals surface area (Å²) in [6, 6.07) is 21.9. The lowest BCUT2D eigenvalue weighted by atomic mass is 9.82. The Kier molecular flexibility index (Phi) is 3.14. The van der Waals surface area contributed by atoms with E-state index in [4.69, 9.17) is 0 Å². The van der Waals surface area contributed by atoms with Gasteiger partial charge in [0.2, 0.25) is 0 Å². The summed E-state index contributed by atoms with van der Waals surface area (Å²) in [5.74, 6) is 0. The van der Waals surface area contributed by atoms with E-state index in [1.54, 1.807) is 0 Å². The molecule has 0 bridgehead atoms. The van der Waals surface area contributed by atoms with Crippen molar-refractivity contribution in [2.24, 2.45) is 0 Å².